The molecule has 0 fully saturated rings. The number of hydrogen-bond donors (Lipinski definition) is 2. The number of phenolic OH excluding ortho intramolecular Hbond substituents is 1. The number of anilines is 1. The molecule has 2 N–H and O–H groups in total. The Hall–Kier alpha value is -1.45. The Morgan fingerprint density at radius 1 is 1.14 bits per heavy atom. The van der Waals surface area contributed by atoms with Crippen molar-refractivity contribution >= 4 is 33.2 Å². The Balaban J connectivity index is 1.84. The second kappa shape index (κ2) is 5.32. The first kappa shape index (κ1) is 14.2. The molecule has 0 unspecified atom stereocenters. The first-order valence-corrected chi connectivity index (χ1v) is 8.52. The van der Waals surface area contributed by atoms with Crippen LogP contribution in [0.5, 0.6) is 5.75 Å². The lowest BCUT2D eigenvalue weighted by molar-refractivity contribution is 0.414. The molecular weight excluding hydrogens is 362 g/mol. The van der Waals surface area contributed by atoms with Gasteiger partial charge < -0.3 is 10.4 Å². The van der Waals surface area contributed by atoms with Gasteiger partial charge in [-0.25, -0.2) is 0 Å². The first-order chi connectivity index (χ1) is 10.6. The van der Waals surface area contributed by atoms with E-state index < -0.39 is 0 Å². The van der Waals surface area contributed by atoms with E-state index in [1.807, 2.05) is 18.2 Å². The van der Waals surface area contributed by atoms with Crippen molar-refractivity contribution in [2.24, 2.45) is 5.92 Å². The van der Waals surface area contributed by atoms with Crippen LogP contribution in [0.25, 0.3) is 0 Å². The van der Waals surface area contributed by atoms with Crippen molar-refractivity contribution in [1.29, 1.82) is 0 Å². The van der Waals surface area contributed by atoms with Gasteiger partial charge in [-0.3, -0.25) is 0 Å². The van der Waals surface area contributed by atoms with Gasteiger partial charge in [-0.1, -0.05) is 51.8 Å². The van der Waals surface area contributed by atoms with Crippen molar-refractivity contribution < 1.29 is 5.11 Å². The number of fused-ring (bicyclic) bond motifs is 3. The van der Waals surface area contributed by atoms with Gasteiger partial charge in [-0.05, 0) is 42.2 Å². The van der Waals surface area contributed by atoms with Gasteiger partial charge in [0, 0.05) is 21.0 Å². The minimum absolute atomic E-state index is 0.171. The van der Waals surface area contributed by atoms with E-state index in [0.717, 1.165) is 27.2 Å². The van der Waals surface area contributed by atoms with Gasteiger partial charge in [0.15, 0.2) is 0 Å². The molecule has 22 heavy (non-hydrogen) atoms. The van der Waals surface area contributed by atoms with Crippen LogP contribution < -0.4 is 5.32 Å². The number of phenols is 1. The van der Waals surface area contributed by atoms with Crippen molar-refractivity contribution in [3.63, 3.8) is 0 Å². The maximum absolute atomic E-state index is 10.3. The van der Waals surface area contributed by atoms with Crippen LogP contribution in [0.15, 0.2) is 53.0 Å². The van der Waals surface area contributed by atoms with Crippen LogP contribution in [0.3, 0.4) is 0 Å². The quantitative estimate of drug-likeness (QED) is 0.499. The van der Waals surface area contributed by atoms with E-state index in [1.165, 1.54) is 5.56 Å². The highest BCUT2D eigenvalue weighted by atomic mass is 79.9. The zero-order valence-corrected chi connectivity index (χ0v) is 14.1. The fourth-order valence-corrected chi connectivity index (χ4v) is 4.37. The molecule has 1 aliphatic carbocycles. The monoisotopic (exact) mass is 375 g/mol. The molecule has 0 saturated heterocycles. The van der Waals surface area contributed by atoms with Crippen molar-refractivity contribution in [1.82, 2.24) is 0 Å². The summed E-state index contributed by atoms with van der Waals surface area (Å²) in [6.45, 7) is 0. The van der Waals surface area contributed by atoms with Crippen LogP contribution >= 0.6 is 27.5 Å². The average molecular weight is 377 g/mol. The molecule has 4 heteroatoms. The number of halogens is 2. The molecule has 2 aromatic carbocycles. The summed E-state index contributed by atoms with van der Waals surface area (Å²) in [6, 6.07) is 11.8. The molecule has 0 radical (unpaired) electrons. The lowest BCUT2D eigenvalue weighted by atomic mass is 9.77. The van der Waals surface area contributed by atoms with Gasteiger partial charge in [0.25, 0.3) is 0 Å². The Kier molecular flexibility index (Phi) is 3.43. The second-order valence-electron chi connectivity index (χ2n) is 5.88. The lowest BCUT2D eigenvalue weighted by Gasteiger charge is -2.38. The van der Waals surface area contributed by atoms with E-state index in [2.05, 4.69) is 45.5 Å². The van der Waals surface area contributed by atoms with Gasteiger partial charge in [-0.2, -0.15) is 0 Å². The van der Waals surface area contributed by atoms with Crippen LogP contribution in [0.2, 0.25) is 5.02 Å². The van der Waals surface area contributed by atoms with E-state index in [0.29, 0.717) is 17.6 Å². The fourth-order valence-electron chi connectivity index (χ4n) is 3.65. The number of aromatic hydroxyl groups is 1. The Morgan fingerprint density at radius 3 is 2.68 bits per heavy atom. The van der Waals surface area contributed by atoms with Crippen molar-refractivity contribution in [3.05, 3.63) is 69.2 Å². The van der Waals surface area contributed by atoms with E-state index in [9.17, 15) is 5.11 Å². The predicted octanol–water partition coefficient (Wildman–Crippen LogP) is 5.63. The molecule has 112 valence electrons. The van der Waals surface area contributed by atoms with Gasteiger partial charge >= 0.3 is 0 Å². The summed E-state index contributed by atoms with van der Waals surface area (Å²) >= 11 is 9.65. The third-order valence-electron chi connectivity index (χ3n) is 4.67. The number of benzene rings is 2. The highest BCUT2D eigenvalue weighted by molar-refractivity contribution is 9.10. The molecule has 0 aromatic heterocycles. The molecule has 4 rings (SSSR count). The van der Waals surface area contributed by atoms with Crippen molar-refractivity contribution in [2.45, 2.75) is 18.4 Å². The summed E-state index contributed by atoms with van der Waals surface area (Å²) in [5.74, 6) is 1.07. The van der Waals surface area contributed by atoms with Crippen LogP contribution in [-0.4, -0.2) is 5.11 Å². The van der Waals surface area contributed by atoms with Gasteiger partial charge in [0.2, 0.25) is 0 Å². The summed E-state index contributed by atoms with van der Waals surface area (Å²) in [6.07, 6.45) is 5.54. The highest BCUT2D eigenvalue weighted by Gasteiger charge is 2.39. The highest BCUT2D eigenvalue weighted by Crippen LogP contribution is 2.54. The van der Waals surface area contributed by atoms with E-state index in [4.69, 9.17) is 11.6 Å². The van der Waals surface area contributed by atoms with Crippen LogP contribution in [0.4, 0.5) is 5.69 Å². The average Bonchev–Trinajstić information content (AvgIpc) is 3.00. The molecule has 2 aromatic rings. The normalized spacial score (nSPS) is 25.5. The fraction of sp³-hybridized carbons (Fsp3) is 0.222. The minimum Gasteiger partial charge on any atom is -0.506 e. The van der Waals surface area contributed by atoms with Crippen LogP contribution in [0, 0.1) is 5.92 Å². The second-order valence-corrected chi connectivity index (χ2v) is 7.17. The SMILES string of the molecule is Oc1ccc(Br)c2c1N[C@@H](c1ccc(Cl)cc1)[C@@H]1CC=C[C@H]21. The summed E-state index contributed by atoms with van der Waals surface area (Å²) in [7, 11) is 0. The Bertz CT molecular complexity index is 756. The van der Waals surface area contributed by atoms with E-state index in [1.54, 1.807) is 6.07 Å². The molecule has 1 heterocycles. The predicted molar refractivity (Wildman–Crippen MR) is 93.6 cm³/mol. The molecule has 0 bridgehead atoms. The van der Waals surface area contributed by atoms with E-state index >= 15 is 0 Å². The zero-order chi connectivity index (χ0) is 15.3. The summed E-state index contributed by atoms with van der Waals surface area (Å²) in [4.78, 5) is 0. The lowest BCUT2D eigenvalue weighted by Crippen LogP contribution is -2.29. The number of hydrogen-bond acceptors (Lipinski definition) is 2. The minimum atomic E-state index is 0.171. The number of rotatable bonds is 1. The standard InChI is InChI=1S/C18H15BrClNO/c19-14-8-9-15(22)18-16(14)12-2-1-3-13(12)17(21-18)10-4-6-11(20)7-5-10/h1-2,4-9,12-13,17,21-22H,3H2/t12-,13+,17-/m0/s1. The van der Waals surface area contributed by atoms with Gasteiger partial charge in [0.1, 0.15) is 5.75 Å². The molecule has 2 nitrogen and oxygen atoms in total. The zero-order valence-electron chi connectivity index (χ0n) is 11.8. The van der Waals surface area contributed by atoms with Crippen molar-refractivity contribution in [2.75, 3.05) is 5.32 Å². The largest absolute Gasteiger partial charge is 0.506 e. The topological polar surface area (TPSA) is 32.3 Å². The number of allylic oxidation sites excluding steroid dienone is 2. The maximum atomic E-state index is 10.3. The summed E-state index contributed by atoms with van der Waals surface area (Å²) in [5, 5.41) is 14.6. The van der Waals surface area contributed by atoms with Crippen molar-refractivity contribution in [3.8, 4) is 5.75 Å². The molecule has 0 spiro atoms. The third-order valence-corrected chi connectivity index (χ3v) is 5.62. The molecule has 2 aliphatic rings. The third kappa shape index (κ3) is 2.15. The van der Waals surface area contributed by atoms with Crippen LogP contribution in [0.1, 0.15) is 29.5 Å². The van der Waals surface area contributed by atoms with Gasteiger partial charge in [-0.15, -0.1) is 0 Å². The van der Waals surface area contributed by atoms with Gasteiger partial charge in [0.05, 0.1) is 11.7 Å². The summed E-state index contributed by atoms with van der Waals surface area (Å²) < 4.78 is 1.05. The number of nitrogens with one attached hydrogen (secondary N) is 1. The molecule has 0 saturated carbocycles. The smallest absolute Gasteiger partial charge is 0.139 e. The maximum Gasteiger partial charge on any atom is 0.139 e. The van der Waals surface area contributed by atoms with Crippen LogP contribution in [-0.2, 0) is 0 Å². The molecule has 1 aliphatic heterocycles. The molecule has 3 atom stereocenters. The molecular formula is C18H15BrClNO. The first-order valence-electron chi connectivity index (χ1n) is 7.35. The summed E-state index contributed by atoms with van der Waals surface area (Å²) in [5.41, 5.74) is 3.19. The van der Waals surface area contributed by atoms with E-state index in [-0.39, 0.29) is 6.04 Å². The Morgan fingerprint density at radius 2 is 1.91 bits per heavy atom. The Labute approximate surface area is 142 Å². The molecule has 0 amide bonds.